The lowest BCUT2D eigenvalue weighted by Gasteiger charge is -2.04. The van der Waals surface area contributed by atoms with E-state index in [-0.39, 0.29) is 17.7 Å². The van der Waals surface area contributed by atoms with Gasteiger partial charge in [-0.05, 0) is 24.3 Å². The maximum atomic E-state index is 11.6. The van der Waals surface area contributed by atoms with Gasteiger partial charge < -0.3 is 4.74 Å². The highest BCUT2D eigenvalue weighted by Crippen LogP contribution is 2.30. The first kappa shape index (κ1) is 12.9. The lowest BCUT2D eigenvalue weighted by molar-refractivity contribution is -0.141. The Morgan fingerprint density at radius 3 is 2.88 bits per heavy atom. The molecule has 0 N–H and O–H groups in total. The summed E-state index contributed by atoms with van der Waals surface area (Å²) >= 11 is 0. The van der Waals surface area contributed by atoms with Crippen LogP contribution in [-0.2, 0) is 14.3 Å². The van der Waals surface area contributed by atoms with Crippen LogP contribution in [0.4, 0.5) is 0 Å². The predicted molar refractivity (Wildman–Crippen MR) is 62.0 cm³/mol. The largest absolute Gasteiger partial charge is 0.469 e. The van der Waals surface area contributed by atoms with E-state index in [1.54, 1.807) is 0 Å². The maximum Gasteiger partial charge on any atom is 0.305 e. The average Bonchev–Trinajstić information content (AvgIpc) is 2.59. The molecule has 1 saturated carbocycles. The Hall–Kier alpha value is -1.12. The lowest BCUT2D eigenvalue weighted by atomic mass is 10.0. The molecule has 1 aliphatic rings. The first-order valence-electron chi connectivity index (χ1n) is 5.96. The van der Waals surface area contributed by atoms with Crippen molar-refractivity contribution >= 4 is 11.8 Å². The summed E-state index contributed by atoms with van der Waals surface area (Å²) in [5, 5.41) is 0. The van der Waals surface area contributed by atoms with Crippen molar-refractivity contribution in [2.75, 3.05) is 7.11 Å². The highest BCUT2D eigenvalue weighted by molar-refractivity contribution is 5.98. The molecule has 0 aromatic carbocycles. The smallest absolute Gasteiger partial charge is 0.305 e. The summed E-state index contributed by atoms with van der Waals surface area (Å²) in [6.07, 6.45) is 6.91. The zero-order valence-electron chi connectivity index (χ0n) is 10.1. The van der Waals surface area contributed by atoms with Crippen molar-refractivity contribution in [3.8, 4) is 0 Å². The van der Waals surface area contributed by atoms with Gasteiger partial charge in [-0.3, -0.25) is 9.59 Å². The van der Waals surface area contributed by atoms with E-state index in [2.05, 4.69) is 11.7 Å². The fraction of sp³-hybridized carbons (Fsp3) is 0.692. The van der Waals surface area contributed by atoms with E-state index in [0.29, 0.717) is 12.8 Å². The minimum absolute atomic E-state index is 0.160. The van der Waals surface area contributed by atoms with Crippen molar-refractivity contribution in [2.45, 2.75) is 45.4 Å². The second-order valence-electron chi connectivity index (χ2n) is 4.35. The van der Waals surface area contributed by atoms with E-state index in [9.17, 15) is 9.59 Å². The molecular weight excluding hydrogens is 204 g/mol. The van der Waals surface area contributed by atoms with Gasteiger partial charge in [0.25, 0.3) is 0 Å². The van der Waals surface area contributed by atoms with Gasteiger partial charge in [-0.25, -0.2) is 0 Å². The van der Waals surface area contributed by atoms with Crippen molar-refractivity contribution in [3.05, 3.63) is 11.6 Å². The standard InChI is InChI=1S/C13H20O3/c1-3-4-5-6-11-7-10(8-12(11)14)9-13(15)16-2/h6,10H,3-5,7-9H2,1-2H3/b11-6-. The van der Waals surface area contributed by atoms with Gasteiger partial charge in [0.05, 0.1) is 7.11 Å². The zero-order valence-corrected chi connectivity index (χ0v) is 10.1. The second kappa shape index (κ2) is 6.46. The first-order valence-corrected chi connectivity index (χ1v) is 5.96. The van der Waals surface area contributed by atoms with Crippen LogP contribution in [0.5, 0.6) is 0 Å². The van der Waals surface area contributed by atoms with Crippen molar-refractivity contribution in [3.63, 3.8) is 0 Å². The molecule has 1 rings (SSSR count). The second-order valence-corrected chi connectivity index (χ2v) is 4.35. The predicted octanol–water partition coefficient (Wildman–Crippen LogP) is 2.65. The van der Waals surface area contributed by atoms with E-state index >= 15 is 0 Å². The molecule has 0 bridgehead atoms. The number of unbranched alkanes of at least 4 members (excludes halogenated alkanes) is 2. The third-order valence-electron chi connectivity index (χ3n) is 2.97. The van der Waals surface area contributed by atoms with Crippen LogP contribution in [0.2, 0.25) is 0 Å². The zero-order chi connectivity index (χ0) is 12.0. The first-order chi connectivity index (χ1) is 7.67. The molecule has 0 saturated heterocycles. The molecule has 3 nitrogen and oxygen atoms in total. The number of hydrogen-bond donors (Lipinski definition) is 0. The number of rotatable bonds is 5. The lowest BCUT2D eigenvalue weighted by Crippen LogP contribution is -2.07. The fourth-order valence-electron chi connectivity index (χ4n) is 2.03. The minimum Gasteiger partial charge on any atom is -0.469 e. The molecule has 0 aromatic heterocycles. The third kappa shape index (κ3) is 3.80. The highest BCUT2D eigenvalue weighted by Gasteiger charge is 2.28. The summed E-state index contributed by atoms with van der Waals surface area (Å²) < 4.78 is 4.61. The fourth-order valence-corrected chi connectivity index (χ4v) is 2.03. The van der Waals surface area contributed by atoms with Gasteiger partial charge in [0.2, 0.25) is 0 Å². The van der Waals surface area contributed by atoms with Crippen LogP contribution in [-0.4, -0.2) is 18.9 Å². The van der Waals surface area contributed by atoms with Crippen LogP contribution in [0.15, 0.2) is 11.6 Å². The number of hydrogen-bond acceptors (Lipinski definition) is 3. The van der Waals surface area contributed by atoms with E-state index in [1.807, 2.05) is 6.08 Å². The Kier molecular flexibility index (Phi) is 5.23. The van der Waals surface area contributed by atoms with Crippen LogP contribution in [0.1, 0.15) is 45.4 Å². The van der Waals surface area contributed by atoms with Gasteiger partial charge >= 0.3 is 5.97 Å². The number of ether oxygens (including phenoxy) is 1. The SMILES string of the molecule is CCCC/C=C1/CC(CC(=O)OC)CC1=O. The molecule has 90 valence electrons. The number of allylic oxidation sites excluding steroid dienone is 2. The molecule has 0 aromatic rings. The number of carbonyl (C=O) groups is 2. The summed E-state index contributed by atoms with van der Waals surface area (Å²) in [4.78, 5) is 22.7. The molecule has 0 radical (unpaired) electrons. The minimum atomic E-state index is -0.215. The Labute approximate surface area is 96.9 Å². The van der Waals surface area contributed by atoms with Gasteiger partial charge in [-0.1, -0.05) is 25.8 Å². The summed E-state index contributed by atoms with van der Waals surface area (Å²) in [5.41, 5.74) is 0.919. The van der Waals surface area contributed by atoms with Crippen LogP contribution in [0, 0.1) is 5.92 Å². The van der Waals surface area contributed by atoms with E-state index < -0.39 is 0 Å². The van der Waals surface area contributed by atoms with Crippen molar-refractivity contribution < 1.29 is 14.3 Å². The van der Waals surface area contributed by atoms with E-state index in [0.717, 1.165) is 31.3 Å². The molecule has 16 heavy (non-hydrogen) atoms. The monoisotopic (exact) mass is 224 g/mol. The molecule has 0 amide bonds. The average molecular weight is 224 g/mol. The normalized spacial score (nSPS) is 22.8. The van der Waals surface area contributed by atoms with Crippen molar-refractivity contribution in [2.24, 2.45) is 5.92 Å². The molecule has 1 aliphatic carbocycles. The van der Waals surface area contributed by atoms with Crippen LogP contribution in [0.25, 0.3) is 0 Å². The summed E-state index contributed by atoms with van der Waals surface area (Å²) in [7, 11) is 1.39. The van der Waals surface area contributed by atoms with Crippen molar-refractivity contribution in [1.29, 1.82) is 0 Å². The number of Topliss-reactive ketones (excluding diaryl/α,β-unsaturated/α-hetero) is 1. The molecule has 1 atom stereocenters. The molecule has 3 heteroatoms. The molecule has 1 fully saturated rings. The molecule has 0 aliphatic heterocycles. The molecular formula is C13H20O3. The topological polar surface area (TPSA) is 43.4 Å². The van der Waals surface area contributed by atoms with Gasteiger partial charge in [0, 0.05) is 12.8 Å². The van der Waals surface area contributed by atoms with Gasteiger partial charge in [0.15, 0.2) is 5.78 Å². The van der Waals surface area contributed by atoms with E-state index in [4.69, 9.17) is 0 Å². The summed E-state index contributed by atoms with van der Waals surface area (Å²) in [6.45, 7) is 2.13. The quantitative estimate of drug-likeness (QED) is 0.409. The number of methoxy groups -OCH3 is 1. The molecule has 1 unspecified atom stereocenters. The molecule has 0 heterocycles. The highest BCUT2D eigenvalue weighted by atomic mass is 16.5. The van der Waals surface area contributed by atoms with Crippen molar-refractivity contribution in [1.82, 2.24) is 0 Å². The van der Waals surface area contributed by atoms with E-state index in [1.165, 1.54) is 7.11 Å². The Bertz CT molecular complexity index is 292. The number of ketones is 1. The maximum absolute atomic E-state index is 11.6. The van der Waals surface area contributed by atoms with Crippen LogP contribution >= 0.6 is 0 Å². The number of carbonyl (C=O) groups excluding carboxylic acids is 2. The Morgan fingerprint density at radius 1 is 1.50 bits per heavy atom. The van der Waals surface area contributed by atoms with Gasteiger partial charge in [-0.15, -0.1) is 0 Å². The third-order valence-corrected chi connectivity index (χ3v) is 2.97. The van der Waals surface area contributed by atoms with Crippen LogP contribution < -0.4 is 0 Å². The Morgan fingerprint density at radius 2 is 2.25 bits per heavy atom. The summed E-state index contributed by atoms with van der Waals surface area (Å²) in [6, 6.07) is 0. The van der Waals surface area contributed by atoms with Gasteiger partial charge in [0.1, 0.15) is 0 Å². The van der Waals surface area contributed by atoms with Crippen LogP contribution in [0.3, 0.4) is 0 Å². The van der Waals surface area contributed by atoms with Gasteiger partial charge in [-0.2, -0.15) is 0 Å². The summed E-state index contributed by atoms with van der Waals surface area (Å²) in [5.74, 6) is 0.158. The number of esters is 1. The molecule has 0 spiro atoms. The Balaban J connectivity index is 2.44.